The quantitative estimate of drug-likeness (QED) is 0.345. The van der Waals surface area contributed by atoms with Gasteiger partial charge in [0.1, 0.15) is 17.3 Å². The van der Waals surface area contributed by atoms with Gasteiger partial charge < -0.3 is 14.4 Å². The summed E-state index contributed by atoms with van der Waals surface area (Å²) in [6.07, 6.45) is 0.842. The van der Waals surface area contributed by atoms with Crippen LogP contribution in [0.3, 0.4) is 0 Å². The first kappa shape index (κ1) is 21.4. The number of nitrogens with zero attached hydrogens (tertiary/aromatic N) is 2. The number of aliphatic hydroxyl groups excluding tert-OH is 1. The van der Waals surface area contributed by atoms with Gasteiger partial charge in [0.05, 0.1) is 18.2 Å². The first-order valence-corrected chi connectivity index (χ1v) is 10.4. The molecule has 1 N–H and O–H groups in total. The van der Waals surface area contributed by atoms with Gasteiger partial charge in [0, 0.05) is 11.6 Å². The van der Waals surface area contributed by atoms with Gasteiger partial charge in [-0.2, -0.15) is 0 Å². The Bertz CT molecular complexity index is 1190. The summed E-state index contributed by atoms with van der Waals surface area (Å²) in [6.45, 7) is 6.17. The number of amides is 1. The molecule has 0 radical (unpaired) electrons. The summed E-state index contributed by atoms with van der Waals surface area (Å²) in [5.74, 6) is -0.486. The maximum absolute atomic E-state index is 13.1. The standard InChI is InChI=1S/C25H24N2O5/c1-4-12-31-19-7-5-6-18(14-19)22-21(23(28)17-10-8-15(2)9-11-17)24(29)25(30)27(22)20-13-16(3)32-26-20/h5-11,13-14,22,28H,4,12H2,1-3H3/t22-/m0/s1. The number of carbonyl (C=O) groups excluding carboxylic acids is 2. The number of rotatable bonds is 6. The van der Waals surface area contributed by atoms with Crippen molar-refractivity contribution in [3.63, 3.8) is 0 Å². The van der Waals surface area contributed by atoms with Crippen molar-refractivity contribution in [2.45, 2.75) is 33.2 Å². The smallest absolute Gasteiger partial charge is 0.301 e. The second-order valence-electron chi connectivity index (χ2n) is 7.75. The van der Waals surface area contributed by atoms with Crippen LogP contribution in [0.1, 0.15) is 41.8 Å². The molecule has 0 aliphatic carbocycles. The Balaban J connectivity index is 1.90. The van der Waals surface area contributed by atoms with Crippen LogP contribution in [0.2, 0.25) is 0 Å². The van der Waals surface area contributed by atoms with Crippen LogP contribution in [0.4, 0.5) is 5.82 Å². The van der Waals surface area contributed by atoms with Crippen LogP contribution in [0.25, 0.3) is 5.76 Å². The van der Waals surface area contributed by atoms with E-state index in [1.165, 1.54) is 4.90 Å². The molecule has 0 bridgehead atoms. The fourth-order valence-corrected chi connectivity index (χ4v) is 3.71. The van der Waals surface area contributed by atoms with Crippen molar-refractivity contribution in [2.75, 3.05) is 11.5 Å². The van der Waals surface area contributed by atoms with Crippen molar-refractivity contribution in [3.8, 4) is 5.75 Å². The lowest BCUT2D eigenvalue weighted by Crippen LogP contribution is -2.29. The van der Waals surface area contributed by atoms with Gasteiger partial charge in [0.25, 0.3) is 5.78 Å². The minimum Gasteiger partial charge on any atom is -0.507 e. The molecular weight excluding hydrogens is 408 g/mol. The number of carbonyl (C=O) groups is 2. The molecule has 7 heteroatoms. The van der Waals surface area contributed by atoms with E-state index < -0.39 is 17.7 Å². The van der Waals surface area contributed by atoms with E-state index in [1.807, 2.05) is 32.0 Å². The third kappa shape index (κ3) is 3.89. The van der Waals surface area contributed by atoms with Gasteiger partial charge in [-0.25, -0.2) is 0 Å². The number of benzene rings is 2. The predicted octanol–water partition coefficient (Wildman–Crippen LogP) is 4.71. The van der Waals surface area contributed by atoms with Crippen molar-refractivity contribution < 1.29 is 24.0 Å². The molecule has 1 aliphatic heterocycles. The highest BCUT2D eigenvalue weighted by Gasteiger charge is 2.48. The van der Waals surface area contributed by atoms with Gasteiger partial charge in [0.2, 0.25) is 0 Å². The van der Waals surface area contributed by atoms with Crippen molar-refractivity contribution in [3.05, 3.63) is 82.6 Å². The molecule has 1 saturated heterocycles. The lowest BCUT2D eigenvalue weighted by atomic mass is 9.95. The number of ether oxygens (including phenoxy) is 1. The minimum atomic E-state index is -0.883. The van der Waals surface area contributed by atoms with Crippen LogP contribution >= 0.6 is 0 Å². The lowest BCUT2D eigenvalue weighted by Gasteiger charge is -2.23. The number of aromatic nitrogens is 1. The Kier molecular flexibility index (Phi) is 5.81. The van der Waals surface area contributed by atoms with E-state index in [0.717, 1.165) is 12.0 Å². The topological polar surface area (TPSA) is 92.9 Å². The number of hydrogen-bond donors (Lipinski definition) is 1. The van der Waals surface area contributed by atoms with E-state index >= 15 is 0 Å². The number of anilines is 1. The number of hydrogen-bond acceptors (Lipinski definition) is 6. The number of ketones is 1. The summed E-state index contributed by atoms with van der Waals surface area (Å²) in [6, 6.07) is 15.0. The molecule has 7 nitrogen and oxygen atoms in total. The molecule has 0 unspecified atom stereocenters. The van der Waals surface area contributed by atoms with Crippen molar-refractivity contribution in [2.24, 2.45) is 0 Å². The third-order valence-corrected chi connectivity index (χ3v) is 5.28. The van der Waals surface area contributed by atoms with Gasteiger partial charge >= 0.3 is 5.91 Å². The summed E-state index contributed by atoms with van der Waals surface area (Å²) >= 11 is 0. The predicted molar refractivity (Wildman–Crippen MR) is 119 cm³/mol. The molecule has 1 fully saturated rings. The van der Waals surface area contributed by atoms with E-state index in [9.17, 15) is 14.7 Å². The third-order valence-electron chi connectivity index (χ3n) is 5.28. The molecule has 1 atom stereocenters. The molecular formula is C25H24N2O5. The van der Waals surface area contributed by atoms with Gasteiger partial charge in [-0.3, -0.25) is 14.5 Å². The highest BCUT2D eigenvalue weighted by atomic mass is 16.5. The molecule has 4 rings (SSSR count). The normalized spacial score (nSPS) is 17.7. The largest absolute Gasteiger partial charge is 0.507 e. The fourth-order valence-electron chi connectivity index (χ4n) is 3.71. The molecule has 164 valence electrons. The zero-order valence-corrected chi connectivity index (χ0v) is 18.2. The fraction of sp³-hybridized carbons (Fsp3) is 0.240. The number of Topliss-reactive ketones (excluding diaryl/α,β-unsaturated/α-hetero) is 1. The van der Waals surface area contributed by atoms with Crippen LogP contribution in [-0.4, -0.2) is 28.6 Å². The number of aryl methyl sites for hydroxylation is 2. The maximum atomic E-state index is 13.1. The summed E-state index contributed by atoms with van der Waals surface area (Å²) in [5, 5.41) is 15.1. The molecule has 3 aromatic rings. The molecule has 0 saturated carbocycles. The zero-order chi connectivity index (χ0) is 22.8. The highest BCUT2D eigenvalue weighted by Crippen LogP contribution is 2.42. The molecule has 1 amide bonds. The van der Waals surface area contributed by atoms with Gasteiger partial charge in [-0.1, -0.05) is 54.0 Å². The maximum Gasteiger partial charge on any atom is 0.301 e. The average molecular weight is 432 g/mol. The molecule has 32 heavy (non-hydrogen) atoms. The second-order valence-corrected chi connectivity index (χ2v) is 7.75. The molecule has 2 heterocycles. The van der Waals surface area contributed by atoms with Crippen LogP contribution in [-0.2, 0) is 9.59 Å². The van der Waals surface area contributed by atoms with Gasteiger partial charge in [-0.05, 0) is 38.0 Å². The highest BCUT2D eigenvalue weighted by molar-refractivity contribution is 6.51. The lowest BCUT2D eigenvalue weighted by molar-refractivity contribution is -0.132. The molecule has 2 aromatic carbocycles. The summed E-state index contributed by atoms with van der Waals surface area (Å²) in [5.41, 5.74) is 2.07. The average Bonchev–Trinajstić information content (AvgIpc) is 3.33. The van der Waals surface area contributed by atoms with Crippen LogP contribution in [0.5, 0.6) is 5.75 Å². The molecule has 1 aromatic heterocycles. The van der Waals surface area contributed by atoms with E-state index in [4.69, 9.17) is 9.26 Å². The van der Waals surface area contributed by atoms with Crippen LogP contribution < -0.4 is 9.64 Å². The van der Waals surface area contributed by atoms with Crippen LogP contribution in [0.15, 0.2) is 64.7 Å². The Morgan fingerprint density at radius 3 is 2.53 bits per heavy atom. The SMILES string of the molecule is CCCOc1cccc([C@H]2C(=C(O)c3ccc(C)cc3)C(=O)C(=O)N2c2cc(C)on2)c1. The van der Waals surface area contributed by atoms with E-state index in [-0.39, 0.29) is 17.2 Å². The van der Waals surface area contributed by atoms with E-state index in [1.54, 1.807) is 43.3 Å². The number of aliphatic hydroxyl groups is 1. The zero-order valence-electron chi connectivity index (χ0n) is 18.2. The first-order chi connectivity index (χ1) is 15.4. The van der Waals surface area contributed by atoms with E-state index in [0.29, 0.717) is 29.2 Å². The summed E-state index contributed by atoms with van der Waals surface area (Å²) in [4.78, 5) is 27.5. The molecule has 1 aliphatic rings. The van der Waals surface area contributed by atoms with Crippen LogP contribution in [0, 0.1) is 13.8 Å². The summed E-state index contributed by atoms with van der Waals surface area (Å²) in [7, 11) is 0. The minimum absolute atomic E-state index is 0.00727. The first-order valence-electron chi connectivity index (χ1n) is 10.4. The Hall–Kier alpha value is -3.87. The Morgan fingerprint density at radius 2 is 1.88 bits per heavy atom. The monoisotopic (exact) mass is 432 g/mol. The van der Waals surface area contributed by atoms with E-state index in [2.05, 4.69) is 5.16 Å². The Morgan fingerprint density at radius 1 is 1.12 bits per heavy atom. The van der Waals surface area contributed by atoms with Crippen molar-refractivity contribution in [1.29, 1.82) is 0 Å². The van der Waals surface area contributed by atoms with Crippen molar-refractivity contribution in [1.82, 2.24) is 5.16 Å². The molecule has 0 spiro atoms. The van der Waals surface area contributed by atoms with Gasteiger partial charge in [0.15, 0.2) is 5.82 Å². The Labute approximate surface area is 185 Å². The van der Waals surface area contributed by atoms with Crippen molar-refractivity contribution >= 4 is 23.3 Å². The summed E-state index contributed by atoms with van der Waals surface area (Å²) < 4.78 is 10.9. The second kappa shape index (κ2) is 8.70. The van der Waals surface area contributed by atoms with Gasteiger partial charge in [-0.15, -0.1) is 0 Å².